The van der Waals surface area contributed by atoms with Crippen LogP contribution in [0.4, 0.5) is 5.69 Å². The molecule has 0 aliphatic heterocycles. The highest BCUT2D eigenvalue weighted by atomic mass is 35.5. The number of hydrogen-bond donors (Lipinski definition) is 1. The molecule has 0 bridgehead atoms. The lowest BCUT2D eigenvalue weighted by Crippen LogP contribution is -2.07. The normalized spacial score (nSPS) is 9.46. The number of benzene rings is 1. The Bertz CT molecular complexity index is 325. The van der Waals surface area contributed by atoms with Crippen LogP contribution in [0.15, 0.2) is 18.2 Å². The van der Waals surface area contributed by atoms with Crippen LogP contribution in [0.25, 0.3) is 0 Å². The third kappa shape index (κ3) is 2.63. The zero-order valence-corrected chi connectivity index (χ0v) is 7.89. The Balaban J connectivity index is 3.01. The van der Waals surface area contributed by atoms with Crippen LogP contribution in [0.5, 0.6) is 5.75 Å². The van der Waals surface area contributed by atoms with Crippen molar-refractivity contribution in [3.05, 3.63) is 30.1 Å². The molecule has 1 aromatic rings. The molecule has 0 saturated carbocycles. The van der Waals surface area contributed by atoms with Crippen LogP contribution in [0, 0.1) is 6.92 Å². The molecule has 1 radical (unpaired) electrons. The number of amides is 1. The maximum Gasteiger partial charge on any atom is 0.224 e. The van der Waals surface area contributed by atoms with Gasteiger partial charge < -0.3 is 10.1 Å². The van der Waals surface area contributed by atoms with Crippen LogP contribution in [0.3, 0.4) is 0 Å². The molecule has 1 amide bonds. The topological polar surface area (TPSA) is 38.3 Å². The van der Waals surface area contributed by atoms with Crippen molar-refractivity contribution in [2.24, 2.45) is 0 Å². The van der Waals surface area contributed by atoms with Gasteiger partial charge in [-0.2, -0.15) is 0 Å². The summed E-state index contributed by atoms with van der Waals surface area (Å²) < 4.78 is 5.00. The number of hydrogen-bond acceptors (Lipinski definition) is 2. The molecule has 4 heteroatoms. The van der Waals surface area contributed by atoms with Crippen LogP contribution in [0.2, 0.25) is 5.02 Å². The first-order chi connectivity index (χ1) is 6.13. The molecule has 0 saturated heterocycles. The van der Waals surface area contributed by atoms with E-state index in [1.165, 1.54) is 7.11 Å². The number of carbonyl (C=O) groups is 1. The maximum atomic E-state index is 10.7. The minimum atomic E-state index is -0.402. The van der Waals surface area contributed by atoms with Gasteiger partial charge in [0.15, 0.2) is 0 Å². The van der Waals surface area contributed by atoms with Crippen molar-refractivity contribution in [1.29, 1.82) is 0 Å². The number of nitrogens with one attached hydrogen (secondary N) is 1. The van der Waals surface area contributed by atoms with Crippen LogP contribution in [-0.2, 0) is 4.79 Å². The molecule has 0 spiro atoms. The Morgan fingerprint density at radius 1 is 1.62 bits per heavy atom. The van der Waals surface area contributed by atoms with E-state index in [2.05, 4.69) is 12.2 Å². The molecule has 13 heavy (non-hydrogen) atoms. The second kappa shape index (κ2) is 4.14. The van der Waals surface area contributed by atoms with Gasteiger partial charge in [0.05, 0.1) is 12.8 Å². The minimum Gasteiger partial charge on any atom is -0.495 e. The highest BCUT2D eigenvalue weighted by Crippen LogP contribution is 2.27. The van der Waals surface area contributed by atoms with Gasteiger partial charge in [-0.05, 0) is 18.2 Å². The van der Waals surface area contributed by atoms with Gasteiger partial charge in [-0.15, -0.1) is 0 Å². The summed E-state index contributed by atoms with van der Waals surface area (Å²) in [5, 5.41) is 3.04. The first-order valence-electron chi connectivity index (χ1n) is 3.60. The lowest BCUT2D eigenvalue weighted by atomic mass is 10.3. The average Bonchev–Trinajstić information content (AvgIpc) is 2.03. The van der Waals surface area contributed by atoms with Gasteiger partial charge in [-0.1, -0.05) is 11.6 Å². The van der Waals surface area contributed by atoms with Crippen molar-refractivity contribution in [3.8, 4) is 5.75 Å². The number of carbonyl (C=O) groups excluding carboxylic acids is 1. The summed E-state index contributed by atoms with van der Waals surface area (Å²) in [6, 6.07) is 4.95. The molecule has 0 aliphatic carbocycles. The molecule has 0 fully saturated rings. The Morgan fingerprint density at radius 2 is 2.31 bits per heavy atom. The molecular weight excluding hydrogens is 190 g/mol. The zero-order valence-electron chi connectivity index (χ0n) is 7.13. The van der Waals surface area contributed by atoms with Gasteiger partial charge in [0.2, 0.25) is 5.91 Å². The number of ether oxygens (including phenoxy) is 1. The van der Waals surface area contributed by atoms with Crippen molar-refractivity contribution < 1.29 is 9.53 Å². The fourth-order valence-electron chi connectivity index (χ4n) is 0.928. The quantitative estimate of drug-likeness (QED) is 0.791. The number of rotatable bonds is 2. The Kier molecular flexibility index (Phi) is 3.14. The van der Waals surface area contributed by atoms with Crippen molar-refractivity contribution in [2.75, 3.05) is 12.4 Å². The molecule has 1 N–H and O–H groups in total. The highest BCUT2D eigenvalue weighted by Gasteiger charge is 2.04. The fourth-order valence-corrected chi connectivity index (χ4v) is 1.10. The molecule has 1 aromatic carbocycles. The lowest BCUT2D eigenvalue weighted by molar-refractivity contribution is -0.112. The molecule has 3 nitrogen and oxygen atoms in total. The van der Waals surface area contributed by atoms with Gasteiger partial charge in [0, 0.05) is 11.9 Å². The molecule has 0 heterocycles. The molecule has 0 aromatic heterocycles. The summed E-state index contributed by atoms with van der Waals surface area (Å²) in [6.07, 6.45) is 0. The van der Waals surface area contributed by atoms with E-state index in [1.54, 1.807) is 18.2 Å². The summed E-state index contributed by atoms with van der Waals surface area (Å²) in [5.74, 6) is 0.155. The SMILES string of the molecule is [CH2]C(=O)Nc1cc(Cl)ccc1OC. The molecule has 0 atom stereocenters. The fraction of sp³-hybridized carbons (Fsp3) is 0.111. The highest BCUT2D eigenvalue weighted by molar-refractivity contribution is 6.31. The van der Waals surface area contributed by atoms with E-state index < -0.39 is 5.91 Å². The standard InChI is InChI=1S/C9H9ClNO2/c1-6(12)11-8-5-7(10)3-4-9(8)13-2/h3-5H,1H2,2H3,(H,11,12). The third-order valence-electron chi connectivity index (χ3n) is 1.44. The monoisotopic (exact) mass is 198 g/mol. The number of anilines is 1. The van der Waals surface area contributed by atoms with E-state index in [0.29, 0.717) is 16.5 Å². The molecule has 1 rings (SSSR count). The van der Waals surface area contributed by atoms with E-state index in [-0.39, 0.29) is 0 Å². The smallest absolute Gasteiger partial charge is 0.224 e. The predicted molar refractivity (Wildman–Crippen MR) is 52.0 cm³/mol. The number of methoxy groups -OCH3 is 1. The van der Waals surface area contributed by atoms with Crippen LogP contribution in [0.1, 0.15) is 0 Å². The van der Waals surface area contributed by atoms with Crippen LogP contribution in [-0.4, -0.2) is 13.0 Å². The van der Waals surface area contributed by atoms with Crippen LogP contribution < -0.4 is 10.1 Å². The van der Waals surface area contributed by atoms with Crippen molar-refractivity contribution in [1.82, 2.24) is 0 Å². The summed E-state index contributed by atoms with van der Waals surface area (Å²) in [5.41, 5.74) is 0.523. The van der Waals surface area contributed by atoms with Gasteiger partial charge in [-0.25, -0.2) is 0 Å². The van der Waals surface area contributed by atoms with Gasteiger partial charge >= 0.3 is 0 Å². The van der Waals surface area contributed by atoms with E-state index in [1.807, 2.05) is 0 Å². The Morgan fingerprint density at radius 3 is 2.85 bits per heavy atom. The summed E-state index contributed by atoms with van der Waals surface area (Å²) in [6.45, 7) is 3.19. The Hall–Kier alpha value is -1.22. The van der Waals surface area contributed by atoms with Crippen molar-refractivity contribution in [3.63, 3.8) is 0 Å². The van der Waals surface area contributed by atoms with Crippen molar-refractivity contribution in [2.45, 2.75) is 0 Å². The zero-order chi connectivity index (χ0) is 9.84. The van der Waals surface area contributed by atoms with Crippen LogP contribution >= 0.6 is 11.6 Å². The molecular formula is C9H9ClNO2. The number of halogens is 1. The summed E-state index contributed by atoms with van der Waals surface area (Å²) >= 11 is 5.73. The first-order valence-corrected chi connectivity index (χ1v) is 3.98. The predicted octanol–water partition coefficient (Wildman–Crippen LogP) is 2.12. The van der Waals surface area contributed by atoms with E-state index in [9.17, 15) is 4.79 Å². The first kappa shape index (κ1) is 9.86. The van der Waals surface area contributed by atoms with E-state index >= 15 is 0 Å². The second-order valence-corrected chi connectivity index (χ2v) is 2.83. The minimum absolute atomic E-state index is 0.402. The van der Waals surface area contributed by atoms with Gasteiger partial charge in [0.1, 0.15) is 5.75 Å². The third-order valence-corrected chi connectivity index (χ3v) is 1.67. The van der Waals surface area contributed by atoms with Gasteiger partial charge in [-0.3, -0.25) is 4.79 Å². The lowest BCUT2D eigenvalue weighted by Gasteiger charge is -2.08. The maximum absolute atomic E-state index is 10.7. The summed E-state index contributed by atoms with van der Waals surface area (Å²) in [4.78, 5) is 10.7. The second-order valence-electron chi connectivity index (χ2n) is 2.39. The van der Waals surface area contributed by atoms with Crippen molar-refractivity contribution >= 4 is 23.2 Å². The Labute approximate surface area is 81.7 Å². The molecule has 69 valence electrons. The van der Waals surface area contributed by atoms with E-state index in [0.717, 1.165) is 0 Å². The summed E-state index contributed by atoms with van der Waals surface area (Å²) in [7, 11) is 1.52. The van der Waals surface area contributed by atoms with E-state index in [4.69, 9.17) is 16.3 Å². The molecule has 0 unspecified atom stereocenters. The molecule has 0 aliphatic rings. The van der Waals surface area contributed by atoms with Gasteiger partial charge in [0.25, 0.3) is 0 Å². The average molecular weight is 199 g/mol. The largest absolute Gasteiger partial charge is 0.495 e.